The molecular formula is C13H29NS2. The van der Waals surface area contributed by atoms with Gasteiger partial charge in [0.25, 0.3) is 0 Å². The van der Waals surface area contributed by atoms with Gasteiger partial charge in [0, 0.05) is 12.3 Å². The van der Waals surface area contributed by atoms with Gasteiger partial charge in [-0.3, -0.25) is 0 Å². The Hall–Kier alpha value is 0.660. The van der Waals surface area contributed by atoms with Gasteiger partial charge in [-0.05, 0) is 42.9 Å². The number of rotatable bonds is 10. The van der Waals surface area contributed by atoms with Gasteiger partial charge in [-0.15, -0.1) is 0 Å². The lowest BCUT2D eigenvalue weighted by molar-refractivity contribution is 0.323. The summed E-state index contributed by atoms with van der Waals surface area (Å²) < 4.78 is 0. The van der Waals surface area contributed by atoms with Gasteiger partial charge in [0.05, 0.1) is 0 Å². The van der Waals surface area contributed by atoms with E-state index in [0.717, 1.165) is 5.75 Å². The molecule has 0 unspecified atom stereocenters. The second kappa shape index (κ2) is 9.67. The molecule has 0 aromatic rings. The molecule has 0 amide bonds. The quantitative estimate of drug-likeness (QED) is 0.472. The van der Waals surface area contributed by atoms with Gasteiger partial charge in [-0.2, -0.15) is 24.4 Å². The van der Waals surface area contributed by atoms with E-state index in [-0.39, 0.29) is 0 Å². The van der Waals surface area contributed by atoms with Crippen molar-refractivity contribution < 1.29 is 0 Å². The highest BCUT2D eigenvalue weighted by Gasteiger charge is 2.23. The molecule has 0 spiro atoms. The maximum Gasteiger partial charge on any atom is 0.00721 e. The highest BCUT2D eigenvalue weighted by Crippen LogP contribution is 2.31. The van der Waals surface area contributed by atoms with Gasteiger partial charge in [0.2, 0.25) is 0 Å². The van der Waals surface area contributed by atoms with E-state index in [1.165, 1.54) is 44.0 Å². The molecular weight excluding hydrogens is 234 g/mol. The van der Waals surface area contributed by atoms with E-state index in [9.17, 15) is 0 Å². The fraction of sp³-hybridized carbons (Fsp3) is 1.00. The fourth-order valence-corrected chi connectivity index (χ4v) is 3.93. The van der Waals surface area contributed by atoms with Crippen LogP contribution < -0.4 is 0 Å². The maximum atomic E-state index is 4.52. The van der Waals surface area contributed by atoms with Crippen LogP contribution in [-0.4, -0.2) is 41.8 Å². The van der Waals surface area contributed by atoms with Crippen molar-refractivity contribution in [3.8, 4) is 0 Å². The summed E-state index contributed by atoms with van der Waals surface area (Å²) in [6.07, 6.45) is 2.51. The predicted molar refractivity (Wildman–Crippen MR) is 82.0 cm³/mol. The van der Waals surface area contributed by atoms with Gasteiger partial charge in [0.1, 0.15) is 0 Å². The topological polar surface area (TPSA) is 3.24 Å². The van der Waals surface area contributed by atoms with E-state index >= 15 is 0 Å². The van der Waals surface area contributed by atoms with Gasteiger partial charge in [0.15, 0.2) is 0 Å². The first kappa shape index (κ1) is 16.7. The minimum Gasteiger partial charge on any atom is -0.303 e. The van der Waals surface area contributed by atoms with Crippen LogP contribution in [0.2, 0.25) is 0 Å². The average molecular weight is 264 g/mol. The molecule has 0 N–H and O–H groups in total. The molecule has 0 aliphatic rings. The van der Waals surface area contributed by atoms with Crippen LogP contribution >= 0.6 is 24.4 Å². The molecule has 98 valence electrons. The Bertz CT molecular complexity index is 146. The summed E-state index contributed by atoms with van der Waals surface area (Å²) in [5, 5.41) is 0. The van der Waals surface area contributed by atoms with Crippen molar-refractivity contribution in [3.63, 3.8) is 0 Å². The van der Waals surface area contributed by atoms with E-state index in [1.54, 1.807) is 0 Å². The minimum absolute atomic E-state index is 0.469. The standard InChI is InChI=1S/C13H29NS2/c1-5-13(6-2,11-15)12-16-10-9-14(7-3)8-4/h15H,5-12H2,1-4H3. The van der Waals surface area contributed by atoms with E-state index < -0.39 is 0 Å². The van der Waals surface area contributed by atoms with Gasteiger partial charge in [-0.25, -0.2) is 0 Å². The van der Waals surface area contributed by atoms with Gasteiger partial charge in [-0.1, -0.05) is 27.7 Å². The lowest BCUT2D eigenvalue weighted by Gasteiger charge is -2.29. The molecule has 1 nitrogen and oxygen atoms in total. The fourth-order valence-electron chi connectivity index (χ4n) is 1.75. The SMILES string of the molecule is CCN(CC)CCSCC(CC)(CC)CS. The number of hydrogen-bond acceptors (Lipinski definition) is 3. The minimum atomic E-state index is 0.469. The van der Waals surface area contributed by atoms with E-state index in [2.05, 4.69) is 57.0 Å². The van der Waals surface area contributed by atoms with Crippen molar-refractivity contribution in [2.45, 2.75) is 40.5 Å². The van der Waals surface area contributed by atoms with Gasteiger partial charge >= 0.3 is 0 Å². The maximum absolute atomic E-state index is 4.52. The van der Waals surface area contributed by atoms with Crippen LogP contribution in [0.25, 0.3) is 0 Å². The zero-order valence-electron chi connectivity index (χ0n) is 11.5. The van der Waals surface area contributed by atoms with Crippen LogP contribution in [0.4, 0.5) is 0 Å². The Kier molecular flexibility index (Phi) is 10.1. The van der Waals surface area contributed by atoms with Crippen LogP contribution in [0.3, 0.4) is 0 Å². The zero-order chi connectivity index (χ0) is 12.4. The molecule has 0 aromatic heterocycles. The summed E-state index contributed by atoms with van der Waals surface area (Å²) in [5.74, 6) is 3.56. The summed E-state index contributed by atoms with van der Waals surface area (Å²) in [5.41, 5.74) is 0.469. The Morgan fingerprint density at radius 2 is 1.62 bits per heavy atom. The summed E-state index contributed by atoms with van der Waals surface area (Å²) >= 11 is 6.62. The van der Waals surface area contributed by atoms with Gasteiger partial charge < -0.3 is 4.90 Å². The smallest absolute Gasteiger partial charge is 0.00721 e. The molecule has 0 aliphatic heterocycles. The van der Waals surface area contributed by atoms with E-state index in [4.69, 9.17) is 0 Å². The highest BCUT2D eigenvalue weighted by atomic mass is 32.2. The van der Waals surface area contributed by atoms with Crippen LogP contribution in [0, 0.1) is 5.41 Å². The Balaban J connectivity index is 3.78. The molecule has 0 aliphatic carbocycles. The third-order valence-electron chi connectivity index (χ3n) is 3.69. The predicted octanol–water partition coefficient (Wildman–Crippen LogP) is 3.80. The molecule has 0 saturated carbocycles. The first-order valence-electron chi connectivity index (χ1n) is 6.58. The van der Waals surface area contributed by atoms with Crippen molar-refractivity contribution in [3.05, 3.63) is 0 Å². The van der Waals surface area contributed by atoms with Crippen LogP contribution in [0.1, 0.15) is 40.5 Å². The van der Waals surface area contributed by atoms with E-state index in [0.29, 0.717) is 5.41 Å². The lowest BCUT2D eigenvalue weighted by atomic mass is 9.87. The molecule has 16 heavy (non-hydrogen) atoms. The average Bonchev–Trinajstić information content (AvgIpc) is 2.35. The molecule has 0 rings (SSSR count). The second-order valence-electron chi connectivity index (χ2n) is 4.44. The molecule has 0 fully saturated rings. The number of thioether (sulfide) groups is 1. The Morgan fingerprint density at radius 1 is 1.06 bits per heavy atom. The van der Waals surface area contributed by atoms with Crippen LogP contribution in [0.5, 0.6) is 0 Å². The summed E-state index contributed by atoms with van der Waals surface area (Å²) in [7, 11) is 0. The molecule has 3 heteroatoms. The number of nitrogens with zero attached hydrogens (tertiary/aromatic N) is 1. The molecule has 0 saturated heterocycles. The Morgan fingerprint density at radius 3 is 2.00 bits per heavy atom. The highest BCUT2D eigenvalue weighted by molar-refractivity contribution is 7.99. The van der Waals surface area contributed by atoms with Crippen molar-refractivity contribution in [2.75, 3.05) is 36.9 Å². The summed E-state index contributed by atoms with van der Waals surface area (Å²) in [6.45, 7) is 12.7. The van der Waals surface area contributed by atoms with Crippen molar-refractivity contribution in [2.24, 2.45) is 5.41 Å². The molecule has 0 bridgehead atoms. The first-order valence-corrected chi connectivity index (χ1v) is 8.37. The lowest BCUT2D eigenvalue weighted by Crippen LogP contribution is -2.27. The van der Waals surface area contributed by atoms with Crippen molar-refractivity contribution in [1.29, 1.82) is 0 Å². The monoisotopic (exact) mass is 263 g/mol. The normalized spacial score (nSPS) is 12.4. The molecule has 0 aromatic carbocycles. The van der Waals surface area contributed by atoms with Crippen molar-refractivity contribution in [1.82, 2.24) is 4.90 Å². The molecule has 0 heterocycles. The van der Waals surface area contributed by atoms with E-state index in [1.807, 2.05) is 0 Å². The second-order valence-corrected chi connectivity index (χ2v) is 5.87. The first-order chi connectivity index (χ1) is 7.67. The third-order valence-corrected chi connectivity index (χ3v) is 5.65. The third kappa shape index (κ3) is 5.83. The summed E-state index contributed by atoms with van der Waals surface area (Å²) in [6, 6.07) is 0. The van der Waals surface area contributed by atoms with Crippen molar-refractivity contribution >= 4 is 24.4 Å². The number of hydrogen-bond donors (Lipinski definition) is 1. The Labute approximate surface area is 112 Å². The number of thiol groups is 1. The molecule has 0 radical (unpaired) electrons. The summed E-state index contributed by atoms with van der Waals surface area (Å²) in [4.78, 5) is 2.49. The zero-order valence-corrected chi connectivity index (χ0v) is 13.2. The largest absolute Gasteiger partial charge is 0.303 e. The van der Waals surface area contributed by atoms with Crippen LogP contribution in [0.15, 0.2) is 0 Å². The molecule has 0 atom stereocenters. The van der Waals surface area contributed by atoms with Crippen LogP contribution in [-0.2, 0) is 0 Å².